The van der Waals surface area contributed by atoms with Crippen molar-refractivity contribution in [3.63, 3.8) is 0 Å². The smallest absolute Gasteiger partial charge is 0.244 e. The molecule has 3 N–H and O–H groups in total. The molecular weight excluding hydrogens is 314 g/mol. The number of nitrogens with one attached hydrogen (secondary N) is 1. The Hall–Kier alpha value is -1.88. The molecule has 1 saturated heterocycles. The lowest BCUT2D eigenvalue weighted by atomic mass is 9.88. The minimum absolute atomic E-state index is 0.0296. The maximum Gasteiger partial charge on any atom is 0.244 e. The Morgan fingerprint density at radius 2 is 1.80 bits per heavy atom. The van der Waals surface area contributed by atoms with Gasteiger partial charge in [0.2, 0.25) is 11.8 Å². The number of benzene rings is 1. The molecule has 0 aromatic heterocycles. The lowest BCUT2D eigenvalue weighted by molar-refractivity contribution is -0.136. The fourth-order valence-electron chi connectivity index (χ4n) is 4.09. The molecule has 3 atom stereocenters. The van der Waals surface area contributed by atoms with Gasteiger partial charge in [-0.3, -0.25) is 9.59 Å². The lowest BCUT2D eigenvalue weighted by Gasteiger charge is -2.25. The monoisotopic (exact) mass is 343 g/mol. The average Bonchev–Trinajstić information content (AvgIpc) is 3.04. The summed E-state index contributed by atoms with van der Waals surface area (Å²) in [5.41, 5.74) is 7.45. The van der Waals surface area contributed by atoms with Crippen molar-refractivity contribution in [3.05, 3.63) is 35.9 Å². The summed E-state index contributed by atoms with van der Waals surface area (Å²) in [6.07, 6.45) is 5.32. The minimum Gasteiger partial charge on any atom is -0.344 e. The zero-order valence-electron chi connectivity index (χ0n) is 15.0. The van der Waals surface area contributed by atoms with E-state index in [1.54, 1.807) is 11.8 Å². The second kappa shape index (κ2) is 8.00. The first-order chi connectivity index (χ1) is 12.1. The molecule has 1 saturated carbocycles. The van der Waals surface area contributed by atoms with Crippen LogP contribution in [0.5, 0.6) is 0 Å². The van der Waals surface area contributed by atoms with E-state index in [1.807, 2.05) is 18.2 Å². The summed E-state index contributed by atoms with van der Waals surface area (Å²) in [6, 6.07) is 9.55. The van der Waals surface area contributed by atoms with Crippen molar-refractivity contribution < 1.29 is 9.59 Å². The number of rotatable bonds is 4. The maximum atomic E-state index is 12.7. The van der Waals surface area contributed by atoms with Crippen LogP contribution in [0.4, 0.5) is 0 Å². The molecular formula is C20H29N3O2. The molecule has 1 aliphatic heterocycles. The summed E-state index contributed by atoms with van der Waals surface area (Å²) in [5, 5.41) is 2.92. The molecule has 136 valence electrons. The van der Waals surface area contributed by atoms with Crippen molar-refractivity contribution >= 4 is 11.8 Å². The summed E-state index contributed by atoms with van der Waals surface area (Å²) in [4.78, 5) is 26.9. The normalized spacial score (nSPS) is 25.6. The Kier molecular flexibility index (Phi) is 5.74. The van der Waals surface area contributed by atoms with Gasteiger partial charge in [-0.1, -0.05) is 49.6 Å². The van der Waals surface area contributed by atoms with Crippen LogP contribution in [0.3, 0.4) is 0 Å². The number of nitrogens with two attached hydrogens (primary N) is 1. The van der Waals surface area contributed by atoms with Gasteiger partial charge in [0.05, 0.1) is 0 Å². The van der Waals surface area contributed by atoms with E-state index in [0.717, 1.165) is 25.7 Å². The van der Waals surface area contributed by atoms with Crippen molar-refractivity contribution in [3.8, 4) is 0 Å². The maximum absolute atomic E-state index is 12.7. The van der Waals surface area contributed by atoms with Crippen LogP contribution < -0.4 is 11.1 Å². The van der Waals surface area contributed by atoms with E-state index in [-0.39, 0.29) is 29.7 Å². The Morgan fingerprint density at radius 1 is 1.12 bits per heavy atom. The van der Waals surface area contributed by atoms with E-state index >= 15 is 0 Å². The van der Waals surface area contributed by atoms with Crippen LogP contribution in [0.15, 0.2) is 30.3 Å². The van der Waals surface area contributed by atoms with E-state index in [1.165, 1.54) is 12.0 Å². The second-order valence-electron chi connectivity index (χ2n) is 7.49. The largest absolute Gasteiger partial charge is 0.344 e. The molecule has 0 radical (unpaired) electrons. The molecule has 5 heteroatoms. The van der Waals surface area contributed by atoms with E-state index in [4.69, 9.17) is 5.73 Å². The number of likely N-dealkylation sites (tertiary alicyclic amines) is 1. The number of nitrogens with zero attached hydrogens (tertiary/aromatic N) is 1. The van der Waals surface area contributed by atoms with Crippen molar-refractivity contribution in [2.75, 3.05) is 13.1 Å². The molecule has 3 rings (SSSR count). The Balaban J connectivity index is 1.56. The van der Waals surface area contributed by atoms with Gasteiger partial charge < -0.3 is 16.0 Å². The Labute approximate surface area is 150 Å². The van der Waals surface area contributed by atoms with E-state index in [9.17, 15) is 9.59 Å². The Bertz CT molecular complexity index is 598. The van der Waals surface area contributed by atoms with E-state index in [0.29, 0.717) is 13.1 Å². The molecule has 0 spiro atoms. The van der Waals surface area contributed by atoms with Gasteiger partial charge in [-0.15, -0.1) is 0 Å². The van der Waals surface area contributed by atoms with Crippen molar-refractivity contribution in [2.24, 2.45) is 11.7 Å². The fourth-order valence-corrected chi connectivity index (χ4v) is 4.09. The molecule has 1 aliphatic carbocycles. The molecule has 2 fully saturated rings. The molecule has 2 aliphatic rings. The Morgan fingerprint density at radius 3 is 2.48 bits per heavy atom. The first kappa shape index (κ1) is 17.9. The van der Waals surface area contributed by atoms with Crippen LogP contribution in [0.1, 0.15) is 50.5 Å². The van der Waals surface area contributed by atoms with Crippen molar-refractivity contribution in [1.82, 2.24) is 10.2 Å². The highest BCUT2D eigenvalue weighted by molar-refractivity contribution is 5.88. The quantitative estimate of drug-likeness (QED) is 0.878. The van der Waals surface area contributed by atoms with Gasteiger partial charge >= 0.3 is 0 Å². The molecule has 2 amide bonds. The minimum atomic E-state index is -0.490. The lowest BCUT2D eigenvalue weighted by Crippen LogP contribution is -2.48. The van der Waals surface area contributed by atoms with Crippen LogP contribution in [0.25, 0.3) is 0 Å². The van der Waals surface area contributed by atoms with Gasteiger partial charge in [0.1, 0.15) is 6.04 Å². The van der Waals surface area contributed by atoms with Crippen LogP contribution in [0, 0.1) is 5.92 Å². The number of amides is 2. The number of carbonyl (C=O) groups is 2. The zero-order chi connectivity index (χ0) is 17.8. The summed E-state index contributed by atoms with van der Waals surface area (Å²) in [7, 11) is 0. The molecule has 25 heavy (non-hydrogen) atoms. The van der Waals surface area contributed by atoms with Crippen molar-refractivity contribution in [1.29, 1.82) is 0 Å². The van der Waals surface area contributed by atoms with Crippen LogP contribution in [-0.4, -0.2) is 41.9 Å². The third-order valence-corrected chi connectivity index (χ3v) is 5.61. The SMILES string of the molecule is C[C@H](NC(=O)C1CCCCC1)C(=O)N1C[C@@H](N)[C@H](c2ccccc2)C1. The van der Waals surface area contributed by atoms with Gasteiger partial charge in [-0.25, -0.2) is 0 Å². The molecule has 1 aromatic rings. The van der Waals surface area contributed by atoms with Gasteiger partial charge in [0, 0.05) is 31.0 Å². The van der Waals surface area contributed by atoms with Crippen LogP contribution >= 0.6 is 0 Å². The standard InChI is InChI=1S/C20H29N3O2/c1-14(22-19(24)16-10-6-3-7-11-16)20(25)23-12-17(18(21)13-23)15-8-4-2-5-9-15/h2,4-5,8-9,14,16-18H,3,6-7,10-13,21H2,1H3,(H,22,24)/t14-,17-,18+/m0/s1. The number of carbonyl (C=O) groups excluding carboxylic acids is 2. The molecule has 1 aromatic carbocycles. The average molecular weight is 343 g/mol. The van der Waals surface area contributed by atoms with Gasteiger partial charge in [-0.05, 0) is 25.3 Å². The van der Waals surface area contributed by atoms with Crippen LogP contribution in [0.2, 0.25) is 0 Å². The second-order valence-corrected chi connectivity index (χ2v) is 7.49. The first-order valence-electron chi connectivity index (χ1n) is 9.46. The summed E-state index contributed by atoms with van der Waals surface area (Å²) < 4.78 is 0. The predicted molar refractivity (Wildman–Crippen MR) is 97.9 cm³/mol. The summed E-state index contributed by atoms with van der Waals surface area (Å²) in [6.45, 7) is 2.94. The van der Waals surface area contributed by atoms with Crippen molar-refractivity contribution in [2.45, 2.75) is 57.0 Å². The highest BCUT2D eigenvalue weighted by atomic mass is 16.2. The highest BCUT2D eigenvalue weighted by Gasteiger charge is 2.36. The molecule has 0 bridgehead atoms. The van der Waals surface area contributed by atoms with Gasteiger partial charge in [0.15, 0.2) is 0 Å². The third-order valence-electron chi connectivity index (χ3n) is 5.61. The summed E-state index contributed by atoms with van der Waals surface area (Å²) in [5.74, 6) is 0.231. The van der Waals surface area contributed by atoms with Gasteiger partial charge in [0.25, 0.3) is 0 Å². The molecule has 5 nitrogen and oxygen atoms in total. The van der Waals surface area contributed by atoms with Gasteiger partial charge in [-0.2, -0.15) is 0 Å². The van der Waals surface area contributed by atoms with E-state index in [2.05, 4.69) is 17.4 Å². The number of hydrogen-bond acceptors (Lipinski definition) is 3. The number of hydrogen-bond donors (Lipinski definition) is 2. The third kappa shape index (κ3) is 4.21. The zero-order valence-corrected chi connectivity index (χ0v) is 15.0. The first-order valence-corrected chi connectivity index (χ1v) is 9.46. The fraction of sp³-hybridized carbons (Fsp3) is 0.600. The van der Waals surface area contributed by atoms with E-state index < -0.39 is 6.04 Å². The summed E-state index contributed by atoms with van der Waals surface area (Å²) >= 11 is 0. The highest BCUT2D eigenvalue weighted by Crippen LogP contribution is 2.27. The molecule has 0 unspecified atom stereocenters. The predicted octanol–water partition coefficient (Wildman–Crippen LogP) is 2.02. The topological polar surface area (TPSA) is 75.4 Å². The molecule has 1 heterocycles. The van der Waals surface area contributed by atoms with Crippen LogP contribution in [-0.2, 0) is 9.59 Å².